The van der Waals surface area contributed by atoms with Crippen LogP contribution in [0, 0.1) is 0 Å². The maximum Gasteiger partial charge on any atom is 0.150 e. The zero-order valence-electron chi connectivity index (χ0n) is 5.40. The Kier molecular flexibility index (Phi) is 1.94. The normalized spacial score (nSPS) is 39.9. The molecule has 1 rings (SSSR count). The van der Waals surface area contributed by atoms with Crippen LogP contribution in [0.3, 0.4) is 0 Å². The number of aliphatic hydroxyl groups is 3. The van der Waals surface area contributed by atoms with Gasteiger partial charge < -0.3 is 20.1 Å². The fraction of sp³-hybridized carbons (Fsp3) is 0.667. The van der Waals surface area contributed by atoms with Gasteiger partial charge in [0.1, 0.15) is 18.0 Å². The molecular formula is C6H10O4. The molecule has 0 aromatic carbocycles. The highest BCUT2D eigenvalue weighted by Gasteiger charge is 2.37. The molecule has 0 aliphatic carbocycles. The van der Waals surface area contributed by atoms with Crippen LogP contribution >= 0.6 is 0 Å². The highest BCUT2D eigenvalue weighted by atomic mass is 16.5. The van der Waals surface area contributed by atoms with Crippen LogP contribution in [-0.4, -0.2) is 40.2 Å². The molecule has 1 heterocycles. The van der Waals surface area contributed by atoms with Gasteiger partial charge in [-0.3, -0.25) is 0 Å². The van der Waals surface area contributed by atoms with E-state index in [9.17, 15) is 0 Å². The third kappa shape index (κ3) is 1.01. The highest BCUT2D eigenvalue weighted by Crippen LogP contribution is 2.21. The first kappa shape index (κ1) is 7.53. The molecular weight excluding hydrogens is 136 g/mol. The molecule has 0 spiro atoms. The van der Waals surface area contributed by atoms with E-state index >= 15 is 0 Å². The number of hydrogen-bond donors (Lipinski definition) is 3. The zero-order chi connectivity index (χ0) is 7.72. The van der Waals surface area contributed by atoms with Crippen LogP contribution in [0.15, 0.2) is 12.3 Å². The molecule has 1 aliphatic heterocycles. The average Bonchev–Trinajstić information content (AvgIpc) is 2.17. The Balaban J connectivity index is 2.61. The van der Waals surface area contributed by atoms with Crippen LogP contribution in [-0.2, 0) is 4.74 Å². The summed E-state index contributed by atoms with van der Waals surface area (Å²) in [5.74, 6) is 0.117. The third-order valence-electron chi connectivity index (χ3n) is 1.52. The molecule has 10 heavy (non-hydrogen) atoms. The Morgan fingerprint density at radius 2 is 2.10 bits per heavy atom. The van der Waals surface area contributed by atoms with Crippen LogP contribution in [0.1, 0.15) is 0 Å². The minimum atomic E-state index is -1.06. The van der Waals surface area contributed by atoms with E-state index in [4.69, 9.17) is 20.1 Å². The Labute approximate surface area is 58.4 Å². The summed E-state index contributed by atoms with van der Waals surface area (Å²) in [6.45, 7) is 3.03. The summed E-state index contributed by atoms with van der Waals surface area (Å²) in [6.07, 6.45) is -2.82. The molecule has 0 aromatic heterocycles. The molecule has 4 heteroatoms. The summed E-state index contributed by atoms with van der Waals surface area (Å²) in [4.78, 5) is 0. The van der Waals surface area contributed by atoms with E-state index in [-0.39, 0.29) is 12.4 Å². The van der Waals surface area contributed by atoms with Crippen LogP contribution in [0.5, 0.6) is 0 Å². The van der Waals surface area contributed by atoms with Crippen molar-refractivity contribution in [3.8, 4) is 0 Å². The summed E-state index contributed by atoms with van der Waals surface area (Å²) in [5.41, 5.74) is 0. The van der Waals surface area contributed by atoms with Gasteiger partial charge in [0.15, 0.2) is 6.10 Å². The summed E-state index contributed by atoms with van der Waals surface area (Å²) in [6, 6.07) is 0. The van der Waals surface area contributed by atoms with Crippen molar-refractivity contribution < 1.29 is 20.1 Å². The lowest BCUT2D eigenvalue weighted by molar-refractivity contribution is -0.00283. The van der Waals surface area contributed by atoms with Crippen LogP contribution in [0.2, 0.25) is 0 Å². The first-order valence-electron chi connectivity index (χ1n) is 2.99. The van der Waals surface area contributed by atoms with Crippen LogP contribution in [0.4, 0.5) is 0 Å². The minimum Gasteiger partial charge on any atom is -0.487 e. The lowest BCUT2D eigenvalue weighted by atomic mass is 10.1. The van der Waals surface area contributed by atoms with E-state index in [1.165, 1.54) is 0 Å². The maximum absolute atomic E-state index is 9.03. The lowest BCUT2D eigenvalue weighted by Gasteiger charge is -2.09. The van der Waals surface area contributed by atoms with Crippen molar-refractivity contribution in [2.24, 2.45) is 0 Å². The van der Waals surface area contributed by atoms with E-state index in [0.717, 1.165) is 0 Å². The molecule has 0 aromatic rings. The monoisotopic (exact) mass is 146 g/mol. The van der Waals surface area contributed by atoms with E-state index < -0.39 is 18.3 Å². The molecule has 58 valence electrons. The third-order valence-corrected chi connectivity index (χ3v) is 1.52. The number of ether oxygens (including phenoxy) is 1. The first-order valence-corrected chi connectivity index (χ1v) is 2.99. The molecule has 4 nitrogen and oxygen atoms in total. The zero-order valence-corrected chi connectivity index (χ0v) is 5.40. The van der Waals surface area contributed by atoms with E-state index in [0.29, 0.717) is 0 Å². The summed E-state index contributed by atoms with van der Waals surface area (Å²) >= 11 is 0. The SMILES string of the molecule is C=C1O[C@H](CO)[C@@H](O)[C@@H]1O. The second-order valence-electron chi connectivity index (χ2n) is 2.24. The van der Waals surface area contributed by atoms with E-state index in [2.05, 4.69) is 6.58 Å². The average molecular weight is 146 g/mol. The van der Waals surface area contributed by atoms with Gasteiger partial charge in [0.2, 0.25) is 0 Å². The van der Waals surface area contributed by atoms with Crippen molar-refractivity contribution >= 4 is 0 Å². The standard InChI is InChI=1S/C6H10O4/c1-3-5(8)6(9)4(2-7)10-3/h4-9H,1-2H2/t4-,5-,6-/m1/s1. The van der Waals surface area contributed by atoms with E-state index in [1.54, 1.807) is 0 Å². The molecule has 0 radical (unpaired) electrons. The van der Waals surface area contributed by atoms with Gasteiger partial charge in [-0.25, -0.2) is 0 Å². The van der Waals surface area contributed by atoms with Crippen LogP contribution in [0.25, 0.3) is 0 Å². The molecule has 3 atom stereocenters. The Bertz CT molecular complexity index is 145. The lowest BCUT2D eigenvalue weighted by Crippen LogP contribution is -2.31. The largest absolute Gasteiger partial charge is 0.487 e. The van der Waals surface area contributed by atoms with Crippen molar-refractivity contribution in [2.45, 2.75) is 18.3 Å². The number of aliphatic hydroxyl groups excluding tert-OH is 3. The Morgan fingerprint density at radius 3 is 2.30 bits per heavy atom. The molecule has 1 saturated heterocycles. The van der Waals surface area contributed by atoms with Crippen molar-refractivity contribution in [1.29, 1.82) is 0 Å². The smallest absolute Gasteiger partial charge is 0.150 e. The molecule has 1 aliphatic rings. The van der Waals surface area contributed by atoms with Gasteiger partial charge in [-0.1, -0.05) is 6.58 Å². The Morgan fingerprint density at radius 1 is 1.50 bits per heavy atom. The summed E-state index contributed by atoms with van der Waals surface area (Å²) in [5, 5.41) is 26.5. The number of rotatable bonds is 1. The second kappa shape index (κ2) is 2.57. The van der Waals surface area contributed by atoms with Gasteiger partial charge >= 0.3 is 0 Å². The van der Waals surface area contributed by atoms with Gasteiger partial charge in [-0.2, -0.15) is 0 Å². The van der Waals surface area contributed by atoms with Crippen molar-refractivity contribution in [3.05, 3.63) is 12.3 Å². The van der Waals surface area contributed by atoms with Gasteiger partial charge in [0.25, 0.3) is 0 Å². The fourth-order valence-corrected chi connectivity index (χ4v) is 0.873. The van der Waals surface area contributed by atoms with E-state index in [1.807, 2.05) is 0 Å². The Hall–Kier alpha value is -0.580. The minimum absolute atomic E-state index is 0.117. The molecule has 3 N–H and O–H groups in total. The van der Waals surface area contributed by atoms with Crippen molar-refractivity contribution in [2.75, 3.05) is 6.61 Å². The first-order chi connectivity index (χ1) is 4.66. The molecule has 0 unspecified atom stereocenters. The topological polar surface area (TPSA) is 69.9 Å². The van der Waals surface area contributed by atoms with Crippen molar-refractivity contribution in [1.82, 2.24) is 0 Å². The maximum atomic E-state index is 9.03. The molecule has 1 fully saturated rings. The van der Waals surface area contributed by atoms with Gasteiger partial charge in [0, 0.05) is 0 Å². The van der Waals surface area contributed by atoms with Crippen LogP contribution < -0.4 is 0 Å². The molecule has 0 saturated carbocycles. The predicted octanol–water partition coefficient (Wildman–Crippen LogP) is -1.39. The number of hydrogen-bond acceptors (Lipinski definition) is 4. The van der Waals surface area contributed by atoms with Gasteiger partial charge in [0.05, 0.1) is 6.61 Å². The summed E-state index contributed by atoms with van der Waals surface area (Å²) < 4.78 is 4.79. The quantitative estimate of drug-likeness (QED) is 0.426. The highest BCUT2D eigenvalue weighted by molar-refractivity contribution is 5.05. The second-order valence-corrected chi connectivity index (χ2v) is 2.24. The predicted molar refractivity (Wildman–Crippen MR) is 33.1 cm³/mol. The molecule has 0 bridgehead atoms. The molecule has 0 amide bonds. The van der Waals surface area contributed by atoms with Gasteiger partial charge in [-0.15, -0.1) is 0 Å². The summed E-state index contributed by atoms with van der Waals surface area (Å²) in [7, 11) is 0. The fourth-order valence-electron chi connectivity index (χ4n) is 0.873. The van der Waals surface area contributed by atoms with Gasteiger partial charge in [-0.05, 0) is 0 Å². The van der Waals surface area contributed by atoms with Crippen molar-refractivity contribution in [3.63, 3.8) is 0 Å².